The van der Waals surface area contributed by atoms with Crippen molar-refractivity contribution in [3.05, 3.63) is 58.7 Å². The van der Waals surface area contributed by atoms with Gasteiger partial charge in [0.05, 0.1) is 25.9 Å². The van der Waals surface area contributed by atoms with Crippen LogP contribution >= 0.6 is 0 Å². The average molecular weight is 404 g/mol. The number of ketones is 1. The van der Waals surface area contributed by atoms with E-state index in [0.29, 0.717) is 18.4 Å². The first-order chi connectivity index (χ1) is 13.8. The van der Waals surface area contributed by atoms with Crippen LogP contribution in [-0.2, 0) is 9.53 Å². The zero-order chi connectivity index (χ0) is 21.8. The number of ether oxygens (including phenoxy) is 1. The molecule has 0 bridgehead atoms. The minimum atomic E-state index is -0.637. The number of esters is 1. The number of allylic oxidation sites excluding steroid dienone is 4. The van der Waals surface area contributed by atoms with Gasteiger partial charge in [-0.3, -0.25) is 4.79 Å². The van der Waals surface area contributed by atoms with Gasteiger partial charge in [-0.15, -0.1) is 0 Å². The fraction of sp³-hybridized carbons (Fsp3) is 0.364. The molecule has 0 aliphatic heterocycles. The second-order valence-corrected chi connectivity index (χ2v) is 6.53. The third-order valence-corrected chi connectivity index (χ3v) is 4.28. The molecule has 29 heavy (non-hydrogen) atoms. The van der Waals surface area contributed by atoms with Gasteiger partial charge in [0.25, 0.3) is 0 Å². The van der Waals surface area contributed by atoms with Crippen molar-refractivity contribution in [2.24, 2.45) is 0 Å². The number of hydrogen-bond donors (Lipinski definition) is 4. The van der Waals surface area contributed by atoms with Gasteiger partial charge < -0.3 is 25.2 Å². The second-order valence-electron chi connectivity index (χ2n) is 6.53. The van der Waals surface area contributed by atoms with Gasteiger partial charge in [0.15, 0.2) is 5.78 Å². The minimum absolute atomic E-state index is 0.103. The van der Waals surface area contributed by atoms with Gasteiger partial charge >= 0.3 is 5.97 Å². The van der Waals surface area contributed by atoms with Gasteiger partial charge in [0, 0.05) is 5.57 Å². The monoisotopic (exact) mass is 404 g/mol. The molecule has 1 aromatic rings. The number of aromatic hydroxyl groups is 2. The van der Waals surface area contributed by atoms with Crippen molar-refractivity contribution in [1.29, 1.82) is 0 Å². The molecule has 0 atom stereocenters. The molecule has 0 saturated heterocycles. The molecule has 0 aliphatic carbocycles. The zero-order valence-electron chi connectivity index (χ0n) is 16.7. The van der Waals surface area contributed by atoms with Crippen LogP contribution in [0.15, 0.2) is 53.1 Å². The van der Waals surface area contributed by atoms with E-state index in [0.717, 1.165) is 24.1 Å². The van der Waals surface area contributed by atoms with Crippen molar-refractivity contribution in [1.82, 2.24) is 0 Å². The number of aliphatic hydroxyl groups is 2. The standard InChI is InChI=1S/C22H28O7/c1-15(5-3-7-16(13-23)14-24)6-4-8-17(22(28)29-2)11-21(27)19-12-18(25)9-10-20(19)26/h6-7,9-12,23-26H,3-5,8,13-14H2,1-2H3/b15-6+,17-11-. The van der Waals surface area contributed by atoms with Crippen molar-refractivity contribution in [3.63, 3.8) is 0 Å². The number of benzene rings is 1. The Labute approximate surface area is 170 Å². The molecule has 0 fully saturated rings. The van der Waals surface area contributed by atoms with E-state index in [1.54, 1.807) is 6.08 Å². The molecule has 0 aromatic heterocycles. The van der Waals surface area contributed by atoms with Crippen molar-refractivity contribution < 1.29 is 34.8 Å². The maximum absolute atomic E-state index is 12.4. The number of phenols is 2. The molecule has 7 heteroatoms. The number of aliphatic hydroxyl groups excluding tert-OH is 2. The molecule has 1 aromatic carbocycles. The summed E-state index contributed by atoms with van der Waals surface area (Å²) in [5, 5.41) is 37.3. The van der Waals surface area contributed by atoms with Crippen molar-refractivity contribution in [3.8, 4) is 11.5 Å². The minimum Gasteiger partial charge on any atom is -0.508 e. The van der Waals surface area contributed by atoms with Crippen LogP contribution in [0, 0.1) is 0 Å². The zero-order valence-corrected chi connectivity index (χ0v) is 16.7. The average Bonchev–Trinajstić information content (AvgIpc) is 2.71. The molecule has 0 heterocycles. The molecule has 0 saturated carbocycles. The highest BCUT2D eigenvalue weighted by atomic mass is 16.5. The smallest absolute Gasteiger partial charge is 0.333 e. The van der Waals surface area contributed by atoms with Crippen LogP contribution in [0.3, 0.4) is 0 Å². The largest absolute Gasteiger partial charge is 0.508 e. The van der Waals surface area contributed by atoms with Crippen LogP contribution in [0.25, 0.3) is 0 Å². The van der Waals surface area contributed by atoms with Crippen molar-refractivity contribution in [2.45, 2.75) is 32.6 Å². The third kappa shape index (κ3) is 8.33. The topological polar surface area (TPSA) is 124 Å². The molecule has 158 valence electrons. The van der Waals surface area contributed by atoms with E-state index in [4.69, 9.17) is 14.9 Å². The van der Waals surface area contributed by atoms with Gasteiger partial charge in [0.2, 0.25) is 0 Å². The lowest BCUT2D eigenvalue weighted by molar-refractivity contribution is -0.136. The molecule has 0 aliphatic rings. The van der Waals surface area contributed by atoms with E-state index < -0.39 is 11.8 Å². The fourth-order valence-electron chi connectivity index (χ4n) is 2.58. The predicted molar refractivity (Wildman–Crippen MR) is 109 cm³/mol. The van der Waals surface area contributed by atoms with E-state index in [9.17, 15) is 19.8 Å². The van der Waals surface area contributed by atoms with E-state index in [-0.39, 0.29) is 42.3 Å². The van der Waals surface area contributed by atoms with Crippen LogP contribution in [0.2, 0.25) is 0 Å². The number of hydrogen-bond acceptors (Lipinski definition) is 7. The lowest BCUT2D eigenvalue weighted by Crippen LogP contribution is -2.08. The number of carbonyl (C=O) groups is 2. The number of methoxy groups -OCH3 is 1. The lowest BCUT2D eigenvalue weighted by atomic mass is 10.0. The third-order valence-electron chi connectivity index (χ3n) is 4.28. The molecule has 7 nitrogen and oxygen atoms in total. The summed E-state index contributed by atoms with van der Waals surface area (Å²) in [7, 11) is 1.22. The number of carbonyl (C=O) groups excluding carboxylic acids is 2. The predicted octanol–water partition coefficient (Wildman–Crippen LogP) is 2.80. The van der Waals surface area contributed by atoms with Crippen LogP contribution in [0.5, 0.6) is 11.5 Å². The molecular formula is C22H28O7. The molecule has 0 radical (unpaired) electrons. The first-order valence-corrected chi connectivity index (χ1v) is 9.22. The Bertz CT molecular complexity index is 797. The maximum Gasteiger partial charge on any atom is 0.333 e. The molecule has 1 rings (SSSR count). The summed E-state index contributed by atoms with van der Waals surface area (Å²) in [5.41, 5.74) is 1.69. The molecule has 0 amide bonds. The van der Waals surface area contributed by atoms with Crippen LogP contribution in [0.1, 0.15) is 43.0 Å². The van der Waals surface area contributed by atoms with Gasteiger partial charge in [-0.25, -0.2) is 4.79 Å². The van der Waals surface area contributed by atoms with E-state index in [2.05, 4.69) is 0 Å². The van der Waals surface area contributed by atoms with Crippen LogP contribution in [0.4, 0.5) is 0 Å². The molecular weight excluding hydrogens is 376 g/mol. The quantitative estimate of drug-likeness (QED) is 0.147. The Morgan fingerprint density at radius 1 is 1.03 bits per heavy atom. The summed E-state index contributed by atoms with van der Waals surface area (Å²) < 4.78 is 4.73. The highest BCUT2D eigenvalue weighted by Gasteiger charge is 2.15. The summed E-state index contributed by atoms with van der Waals surface area (Å²) in [4.78, 5) is 24.4. The van der Waals surface area contributed by atoms with Crippen molar-refractivity contribution in [2.75, 3.05) is 20.3 Å². The number of phenolic OH excluding ortho intramolecular Hbond substituents is 2. The highest BCUT2D eigenvalue weighted by molar-refractivity contribution is 6.10. The van der Waals surface area contributed by atoms with Crippen molar-refractivity contribution >= 4 is 11.8 Å². The molecule has 0 spiro atoms. The highest BCUT2D eigenvalue weighted by Crippen LogP contribution is 2.24. The summed E-state index contributed by atoms with van der Waals surface area (Å²) in [6.07, 6.45) is 7.02. The van der Waals surface area contributed by atoms with Crippen LogP contribution < -0.4 is 0 Å². The van der Waals surface area contributed by atoms with Gasteiger partial charge in [-0.05, 0) is 62.5 Å². The molecule has 0 unspecified atom stereocenters. The van der Waals surface area contributed by atoms with E-state index in [1.807, 2.05) is 13.0 Å². The Morgan fingerprint density at radius 2 is 1.69 bits per heavy atom. The first kappa shape index (κ1) is 24.1. The maximum atomic E-state index is 12.4. The summed E-state index contributed by atoms with van der Waals surface area (Å²) >= 11 is 0. The Hall–Kier alpha value is -2.90. The Balaban J connectivity index is 2.80. The summed E-state index contributed by atoms with van der Waals surface area (Å²) in [6, 6.07) is 3.59. The second kappa shape index (κ2) is 12.5. The van der Waals surface area contributed by atoms with Gasteiger partial charge in [-0.1, -0.05) is 17.7 Å². The van der Waals surface area contributed by atoms with E-state index >= 15 is 0 Å². The Morgan fingerprint density at radius 3 is 2.31 bits per heavy atom. The van der Waals surface area contributed by atoms with Gasteiger partial charge in [-0.2, -0.15) is 0 Å². The van der Waals surface area contributed by atoms with E-state index in [1.165, 1.54) is 19.2 Å². The molecule has 4 N–H and O–H groups in total. The Kier molecular flexibility index (Phi) is 10.4. The number of rotatable bonds is 11. The normalized spacial score (nSPS) is 11.9. The van der Waals surface area contributed by atoms with Crippen LogP contribution in [-0.4, -0.2) is 52.5 Å². The summed E-state index contributed by atoms with van der Waals surface area (Å²) in [5.74, 6) is -1.70. The first-order valence-electron chi connectivity index (χ1n) is 9.22. The SMILES string of the molecule is COC(=O)/C(=C\C(=O)c1cc(O)ccc1O)CC/C=C(\C)CCC=C(CO)CO. The fourth-order valence-corrected chi connectivity index (χ4v) is 2.58. The van der Waals surface area contributed by atoms with Gasteiger partial charge in [0.1, 0.15) is 11.5 Å². The summed E-state index contributed by atoms with van der Waals surface area (Å²) in [6.45, 7) is 1.59. The lowest BCUT2D eigenvalue weighted by Gasteiger charge is -2.06.